The first-order valence-electron chi connectivity index (χ1n) is 11.4. The average Bonchev–Trinajstić information content (AvgIpc) is 3.05. The highest BCUT2D eigenvalue weighted by atomic mass is 35.5. The van der Waals surface area contributed by atoms with Gasteiger partial charge in [-0.15, -0.1) is 0 Å². The number of thiocarbonyl (C=S) groups is 1. The molecular weight excluding hydrogens is 456 g/mol. The van der Waals surface area contributed by atoms with E-state index in [4.69, 9.17) is 28.6 Å². The first-order chi connectivity index (χ1) is 16.0. The van der Waals surface area contributed by atoms with Crippen molar-refractivity contribution in [2.75, 3.05) is 38.7 Å². The molecule has 2 aromatic carbocycles. The van der Waals surface area contributed by atoms with Gasteiger partial charge in [0.15, 0.2) is 5.11 Å². The predicted molar refractivity (Wildman–Crippen MR) is 136 cm³/mol. The van der Waals surface area contributed by atoms with Gasteiger partial charge in [-0.2, -0.15) is 0 Å². The van der Waals surface area contributed by atoms with Crippen LogP contribution in [0, 0.1) is 0 Å². The van der Waals surface area contributed by atoms with Gasteiger partial charge in [0, 0.05) is 56.9 Å². The number of nitrogens with zero attached hydrogens (tertiary/aromatic N) is 2. The fourth-order valence-electron chi connectivity index (χ4n) is 4.81. The number of halogens is 1. The molecule has 176 valence electrons. The number of carbonyl (C=O) groups excluding carboxylic acids is 1. The Hall–Kier alpha value is -2.19. The van der Waals surface area contributed by atoms with Crippen molar-refractivity contribution in [3.63, 3.8) is 0 Å². The molecule has 2 aliphatic heterocycles. The number of piperidine rings is 1. The minimum Gasteiger partial charge on any atom is -0.385 e. The Morgan fingerprint density at radius 3 is 2.67 bits per heavy atom. The van der Waals surface area contributed by atoms with Crippen molar-refractivity contribution in [3.05, 3.63) is 65.2 Å². The number of ether oxygens (including phenoxy) is 1. The summed E-state index contributed by atoms with van der Waals surface area (Å²) in [5.41, 5.74) is 1.71. The largest absolute Gasteiger partial charge is 0.385 e. The Kier molecular flexibility index (Phi) is 7.86. The molecule has 1 unspecified atom stereocenters. The molecule has 2 aromatic rings. The van der Waals surface area contributed by atoms with Gasteiger partial charge in [0.05, 0.1) is 11.7 Å². The molecule has 0 saturated carbocycles. The van der Waals surface area contributed by atoms with Crippen molar-refractivity contribution in [2.45, 2.75) is 37.4 Å². The van der Waals surface area contributed by atoms with Crippen LogP contribution in [0.2, 0.25) is 5.02 Å². The summed E-state index contributed by atoms with van der Waals surface area (Å²) in [5, 5.41) is 8.37. The zero-order valence-electron chi connectivity index (χ0n) is 18.9. The van der Waals surface area contributed by atoms with Gasteiger partial charge < -0.3 is 19.9 Å². The molecule has 2 saturated heterocycles. The van der Waals surface area contributed by atoms with E-state index in [0.29, 0.717) is 29.7 Å². The number of nitrogens with one attached hydrogen (secondary N) is 2. The summed E-state index contributed by atoms with van der Waals surface area (Å²) in [6.45, 7) is 2.87. The summed E-state index contributed by atoms with van der Waals surface area (Å²) in [5.74, 6) is 0.183. The van der Waals surface area contributed by atoms with Crippen molar-refractivity contribution in [2.24, 2.45) is 0 Å². The summed E-state index contributed by atoms with van der Waals surface area (Å²) in [6.07, 6.45) is 3.14. The molecule has 4 rings (SSSR count). The van der Waals surface area contributed by atoms with Gasteiger partial charge in [-0.1, -0.05) is 48.0 Å². The number of rotatable bonds is 7. The summed E-state index contributed by atoms with van der Waals surface area (Å²) in [7, 11) is 1.70. The monoisotopic (exact) mass is 486 g/mol. The molecule has 0 aliphatic carbocycles. The number of hydrogen-bond donors (Lipinski definition) is 2. The van der Waals surface area contributed by atoms with Crippen LogP contribution in [0.25, 0.3) is 0 Å². The van der Waals surface area contributed by atoms with Crippen LogP contribution in [-0.2, 0) is 16.0 Å². The molecule has 0 bridgehead atoms. The van der Waals surface area contributed by atoms with E-state index < -0.39 is 0 Å². The first-order valence-corrected chi connectivity index (χ1v) is 12.2. The summed E-state index contributed by atoms with van der Waals surface area (Å²) < 4.78 is 5.25. The van der Waals surface area contributed by atoms with Crippen LogP contribution in [-0.4, -0.2) is 65.9 Å². The van der Waals surface area contributed by atoms with Gasteiger partial charge in [0.2, 0.25) is 5.91 Å². The van der Waals surface area contributed by atoms with E-state index in [2.05, 4.69) is 32.6 Å². The lowest BCUT2D eigenvalue weighted by molar-refractivity contribution is -0.133. The van der Waals surface area contributed by atoms with Crippen LogP contribution in [0.5, 0.6) is 0 Å². The van der Waals surface area contributed by atoms with Crippen LogP contribution in [0.3, 0.4) is 0 Å². The minimum atomic E-state index is -0.341. The number of anilines is 1. The zero-order chi connectivity index (χ0) is 23.3. The number of benzene rings is 2. The van der Waals surface area contributed by atoms with Crippen LogP contribution < -0.4 is 10.6 Å². The lowest BCUT2D eigenvalue weighted by Crippen LogP contribution is -2.60. The van der Waals surface area contributed by atoms with E-state index in [1.165, 1.54) is 5.56 Å². The SMILES string of the molecule is COCCCN1C(=O)C(Cc2ccccc2)NC12CCN(C(=S)Nc1cccc(Cl)c1)CC2. The van der Waals surface area contributed by atoms with Crippen LogP contribution in [0.15, 0.2) is 54.6 Å². The second kappa shape index (κ2) is 10.8. The maximum atomic E-state index is 13.4. The fourth-order valence-corrected chi connectivity index (χ4v) is 5.30. The number of hydrogen-bond acceptors (Lipinski definition) is 4. The lowest BCUT2D eigenvalue weighted by atomic mass is 9.95. The molecule has 1 spiro atoms. The van der Waals surface area contributed by atoms with Crippen molar-refractivity contribution in [1.82, 2.24) is 15.1 Å². The standard InChI is InChI=1S/C25H31ClN4O2S/c1-32-16-6-13-30-23(31)22(17-19-7-3-2-4-8-19)28-25(30)11-14-29(15-12-25)24(33)27-21-10-5-9-20(26)18-21/h2-5,7-10,18,22,28H,6,11-17H2,1H3,(H,27,33). The molecule has 2 N–H and O–H groups in total. The predicted octanol–water partition coefficient (Wildman–Crippen LogP) is 3.91. The van der Waals surface area contributed by atoms with E-state index >= 15 is 0 Å². The van der Waals surface area contributed by atoms with Gasteiger partial charge in [-0.25, -0.2) is 0 Å². The van der Waals surface area contributed by atoms with Crippen molar-refractivity contribution in [1.29, 1.82) is 0 Å². The van der Waals surface area contributed by atoms with Crippen LogP contribution >= 0.6 is 23.8 Å². The minimum absolute atomic E-state index is 0.183. The van der Waals surface area contributed by atoms with Gasteiger partial charge in [-0.3, -0.25) is 10.1 Å². The lowest BCUT2D eigenvalue weighted by Gasteiger charge is -2.45. The fraction of sp³-hybridized carbons (Fsp3) is 0.440. The molecule has 1 amide bonds. The Morgan fingerprint density at radius 2 is 1.97 bits per heavy atom. The highest BCUT2D eigenvalue weighted by Crippen LogP contribution is 2.34. The number of likely N-dealkylation sites (tertiary alicyclic amines) is 1. The second-order valence-corrected chi connectivity index (χ2v) is 9.51. The molecule has 1 atom stereocenters. The smallest absolute Gasteiger partial charge is 0.241 e. The third-order valence-corrected chi connectivity index (χ3v) is 7.09. The number of methoxy groups -OCH3 is 1. The van der Waals surface area contributed by atoms with E-state index in [1.54, 1.807) is 7.11 Å². The number of amides is 1. The molecule has 2 aliphatic rings. The van der Waals surface area contributed by atoms with E-state index in [-0.39, 0.29) is 17.6 Å². The van der Waals surface area contributed by atoms with E-state index in [1.807, 2.05) is 42.5 Å². The molecule has 2 heterocycles. The zero-order valence-corrected chi connectivity index (χ0v) is 20.5. The van der Waals surface area contributed by atoms with Gasteiger partial charge in [0.25, 0.3) is 0 Å². The Labute approximate surface area is 206 Å². The number of carbonyl (C=O) groups is 1. The average molecular weight is 487 g/mol. The molecule has 6 nitrogen and oxygen atoms in total. The van der Waals surface area contributed by atoms with Gasteiger partial charge in [0.1, 0.15) is 0 Å². The summed E-state index contributed by atoms with van der Waals surface area (Å²) >= 11 is 11.8. The van der Waals surface area contributed by atoms with Crippen LogP contribution in [0.1, 0.15) is 24.8 Å². The van der Waals surface area contributed by atoms with Crippen LogP contribution in [0.4, 0.5) is 5.69 Å². The van der Waals surface area contributed by atoms with Crippen molar-refractivity contribution >= 4 is 40.5 Å². The molecule has 0 radical (unpaired) electrons. The molecular formula is C25H31ClN4O2S. The molecule has 33 heavy (non-hydrogen) atoms. The maximum absolute atomic E-state index is 13.4. The third kappa shape index (κ3) is 5.66. The highest BCUT2D eigenvalue weighted by molar-refractivity contribution is 7.80. The van der Waals surface area contributed by atoms with E-state index in [0.717, 1.165) is 38.0 Å². The Bertz CT molecular complexity index is 966. The molecule has 8 heteroatoms. The normalized spacial score (nSPS) is 19.8. The summed E-state index contributed by atoms with van der Waals surface area (Å²) in [6, 6.07) is 17.6. The Balaban J connectivity index is 1.43. The second-order valence-electron chi connectivity index (χ2n) is 8.68. The molecule has 0 aromatic heterocycles. The molecule has 2 fully saturated rings. The summed E-state index contributed by atoms with van der Waals surface area (Å²) in [4.78, 5) is 17.7. The quantitative estimate of drug-likeness (QED) is 0.457. The maximum Gasteiger partial charge on any atom is 0.241 e. The topological polar surface area (TPSA) is 56.8 Å². The first kappa shape index (κ1) is 24.0. The van der Waals surface area contributed by atoms with Gasteiger partial charge in [-0.05, 0) is 48.8 Å². The van der Waals surface area contributed by atoms with Crippen molar-refractivity contribution in [3.8, 4) is 0 Å². The third-order valence-electron chi connectivity index (χ3n) is 6.49. The Morgan fingerprint density at radius 1 is 1.21 bits per heavy atom. The van der Waals surface area contributed by atoms with Gasteiger partial charge >= 0.3 is 0 Å². The highest BCUT2D eigenvalue weighted by Gasteiger charge is 2.51. The van der Waals surface area contributed by atoms with Crippen molar-refractivity contribution < 1.29 is 9.53 Å². The van der Waals surface area contributed by atoms with E-state index in [9.17, 15) is 4.79 Å².